The van der Waals surface area contributed by atoms with Crippen molar-refractivity contribution < 1.29 is 38.3 Å². The Hall–Kier alpha value is -5.60. The SMILES string of the molecule is CC(C)(C)c1ccccc1N1CCN(C(=O)CC2C(=O)NC(=O)N2C(Oc2cc(C(=O)N3CCN(c4ccccc4C(C)(C)C)CC3)on2)C(=O)O)CC1. The summed E-state index contributed by atoms with van der Waals surface area (Å²) in [7, 11) is 0. The summed E-state index contributed by atoms with van der Waals surface area (Å²) in [6, 6.07) is 15.1. The van der Waals surface area contributed by atoms with E-state index in [0.29, 0.717) is 57.3 Å². The van der Waals surface area contributed by atoms with Crippen LogP contribution in [0.25, 0.3) is 0 Å². The molecule has 288 valence electrons. The van der Waals surface area contributed by atoms with Crippen LogP contribution in [-0.2, 0) is 25.2 Å². The molecule has 2 aromatic carbocycles. The maximum Gasteiger partial charge on any atom is 0.367 e. The Morgan fingerprint density at radius 1 is 0.815 bits per heavy atom. The number of carboxylic acids is 1. The molecule has 2 unspecified atom stereocenters. The number of benzene rings is 2. The average Bonchev–Trinajstić information content (AvgIpc) is 3.72. The second kappa shape index (κ2) is 15.0. The van der Waals surface area contributed by atoms with E-state index in [4.69, 9.17) is 9.26 Å². The minimum Gasteiger partial charge on any atom is -0.477 e. The Kier molecular flexibility index (Phi) is 10.6. The lowest BCUT2D eigenvalue weighted by Crippen LogP contribution is -2.54. The van der Waals surface area contributed by atoms with E-state index in [2.05, 4.69) is 86.1 Å². The number of anilines is 2. The summed E-state index contributed by atoms with van der Waals surface area (Å²) >= 11 is 0. The van der Waals surface area contributed by atoms with Crippen LogP contribution in [0.2, 0.25) is 0 Å². The fourth-order valence-corrected chi connectivity index (χ4v) is 7.30. The maximum atomic E-state index is 13.5. The molecule has 3 fully saturated rings. The summed E-state index contributed by atoms with van der Waals surface area (Å²) in [6.45, 7) is 16.8. The number of urea groups is 1. The number of aromatic nitrogens is 1. The molecule has 4 heterocycles. The first-order chi connectivity index (χ1) is 25.5. The molecule has 15 nitrogen and oxygen atoms in total. The van der Waals surface area contributed by atoms with Gasteiger partial charge in [0, 0.05) is 63.7 Å². The lowest BCUT2D eigenvalue weighted by molar-refractivity contribution is -0.155. The minimum absolute atomic E-state index is 0.0538. The first kappa shape index (κ1) is 38.1. The van der Waals surface area contributed by atoms with Crippen molar-refractivity contribution in [3.8, 4) is 5.88 Å². The molecule has 0 radical (unpaired) electrons. The summed E-state index contributed by atoms with van der Waals surface area (Å²) in [5.74, 6) is -3.82. The number of piperazine rings is 2. The molecule has 54 heavy (non-hydrogen) atoms. The zero-order valence-corrected chi connectivity index (χ0v) is 31.7. The molecule has 2 N–H and O–H groups in total. The van der Waals surface area contributed by atoms with Gasteiger partial charge in [0.1, 0.15) is 6.04 Å². The number of carboxylic acid groups (broad SMARTS) is 1. The van der Waals surface area contributed by atoms with E-state index in [1.165, 1.54) is 11.1 Å². The topological polar surface area (TPSA) is 169 Å². The van der Waals surface area contributed by atoms with Crippen LogP contribution in [0.3, 0.4) is 0 Å². The van der Waals surface area contributed by atoms with E-state index in [1.807, 2.05) is 24.3 Å². The number of rotatable bonds is 9. The molecular weight excluding hydrogens is 694 g/mol. The Bertz CT molecular complexity index is 1900. The van der Waals surface area contributed by atoms with Gasteiger partial charge in [0.2, 0.25) is 11.7 Å². The lowest BCUT2D eigenvalue weighted by Gasteiger charge is -2.39. The van der Waals surface area contributed by atoms with Crippen LogP contribution in [0, 0.1) is 0 Å². The highest BCUT2D eigenvalue weighted by Gasteiger charge is 2.48. The number of carbonyl (C=O) groups is 5. The van der Waals surface area contributed by atoms with E-state index in [-0.39, 0.29) is 22.5 Å². The van der Waals surface area contributed by atoms with Crippen molar-refractivity contribution in [1.82, 2.24) is 25.2 Å². The van der Waals surface area contributed by atoms with Crippen LogP contribution < -0.4 is 19.9 Å². The fourth-order valence-electron chi connectivity index (χ4n) is 7.30. The van der Waals surface area contributed by atoms with E-state index in [0.717, 1.165) is 17.4 Å². The van der Waals surface area contributed by atoms with E-state index < -0.39 is 48.4 Å². The average molecular weight is 744 g/mol. The minimum atomic E-state index is -2.04. The summed E-state index contributed by atoms with van der Waals surface area (Å²) in [6.07, 6.45) is -2.49. The van der Waals surface area contributed by atoms with Crippen molar-refractivity contribution in [2.24, 2.45) is 0 Å². The molecule has 5 amide bonds. The Morgan fingerprint density at radius 2 is 1.31 bits per heavy atom. The number of para-hydroxylation sites is 2. The highest BCUT2D eigenvalue weighted by Crippen LogP contribution is 2.34. The maximum absolute atomic E-state index is 13.5. The Labute approximate surface area is 314 Å². The number of aliphatic carboxylic acids is 1. The second-order valence-electron chi connectivity index (χ2n) is 15.9. The second-order valence-corrected chi connectivity index (χ2v) is 15.9. The van der Waals surface area contributed by atoms with Gasteiger partial charge >= 0.3 is 12.0 Å². The summed E-state index contributed by atoms with van der Waals surface area (Å²) in [5, 5.41) is 16.0. The van der Waals surface area contributed by atoms with Gasteiger partial charge in [-0.15, -0.1) is 0 Å². The van der Waals surface area contributed by atoms with Crippen LogP contribution in [0.5, 0.6) is 5.88 Å². The summed E-state index contributed by atoms with van der Waals surface area (Å²) in [5.41, 5.74) is 4.51. The quantitative estimate of drug-likeness (QED) is 0.307. The van der Waals surface area contributed by atoms with Crippen LogP contribution in [0.4, 0.5) is 16.2 Å². The Morgan fingerprint density at radius 3 is 1.81 bits per heavy atom. The number of nitrogens with one attached hydrogen (secondary N) is 1. The molecule has 15 heteroatoms. The molecule has 0 bridgehead atoms. The van der Waals surface area contributed by atoms with Crippen molar-refractivity contribution in [3.63, 3.8) is 0 Å². The highest BCUT2D eigenvalue weighted by molar-refractivity contribution is 6.07. The third kappa shape index (κ3) is 7.99. The van der Waals surface area contributed by atoms with Crippen LogP contribution in [0.15, 0.2) is 59.1 Å². The highest BCUT2D eigenvalue weighted by atomic mass is 16.6. The zero-order valence-electron chi connectivity index (χ0n) is 31.7. The largest absolute Gasteiger partial charge is 0.477 e. The zero-order chi connectivity index (χ0) is 38.9. The van der Waals surface area contributed by atoms with Gasteiger partial charge < -0.3 is 34.0 Å². The predicted molar refractivity (Wildman–Crippen MR) is 200 cm³/mol. The van der Waals surface area contributed by atoms with Gasteiger partial charge in [0.15, 0.2) is 0 Å². The number of hydrogen-bond acceptors (Lipinski definition) is 10. The summed E-state index contributed by atoms with van der Waals surface area (Å²) in [4.78, 5) is 73.6. The first-order valence-electron chi connectivity index (χ1n) is 18.3. The lowest BCUT2D eigenvalue weighted by atomic mass is 9.85. The first-order valence-corrected chi connectivity index (χ1v) is 18.3. The molecular formula is C39H49N7O8. The van der Waals surface area contributed by atoms with Gasteiger partial charge in [0.05, 0.1) is 12.5 Å². The van der Waals surface area contributed by atoms with E-state index in [9.17, 15) is 29.1 Å². The van der Waals surface area contributed by atoms with E-state index in [1.54, 1.807) is 9.80 Å². The number of amides is 5. The van der Waals surface area contributed by atoms with Crippen molar-refractivity contribution in [1.29, 1.82) is 0 Å². The number of hydrogen-bond donors (Lipinski definition) is 2. The number of imide groups is 1. The normalized spacial score (nSPS) is 18.9. The predicted octanol–water partition coefficient (Wildman–Crippen LogP) is 3.68. The van der Waals surface area contributed by atoms with Crippen LogP contribution in [-0.4, -0.2) is 119 Å². The summed E-state index contributed by atoms with van der Waals surface area (Å²) < 4.78 is 10.8. The number of nitrogens with zero attached hydrogens (tertiary/aromatic N) is 6. The monoisotopic (exact) mass is 743 g/mol. The molecule has 0 spiro atoms. The van der Waals surface area contributed by atoms with Crippen molar-refractivity contribution >= 4 is 41.1 Å². The van der Waals surface area contributed by atoms with Crippen molar-refractivity contribution in [2.75, 3.05) is 62.2 Å². The molecule has 0 saturated carbocycles. The van der Waals surface area contributed by atoms with Gasteiger partial charge in [-0.05, 0) is 39.2 Å². The van der Waals surface area contributed by atoms with Crippen LogP contribution >= 0.6 is 0 Å². The molecule has 0 aliphatic carbocycles. The molecule has 3 aromatic rings. The van der Waals surface area contributed by atoms with Gasteiger partial charge in [-0.1, -0.05) is 77.9 Å². The third-order valence-electron chi connectivity index (χ3n) is 10.2. The molecule has 6 rings (SSSR count). The standard InChI is InChI=1S/C39H49N7O8/c1-38(2,3)25-11-7-9-13-27(25)42-15-19-44(20-16-42)32(47)23-29-33(48)40-37(52)46(29)35(36(50)51)53-31-24-30(54-41-31)34(49)45-21-17-43(18-22-45)28-14-10-8-12-26(28)39(4,5)6/h7-14,24,29,35H,15-23H2,1-6H3,(H,50,51)(H,40,48,52). The molecule has 1 aromatic heterocycles. The molecule has 3 aliphatic heterocycles. The van der Waals surface area contributed by atoms with Gasteiger partial charge in [-0.25, -0.2) is 9.59 Å². The Balaban J connectivity index is 1.07. The van der Waals surface area contributed by atoms with Gasteiger partial charge in [0.25, 0.3) is 23.9 Å². The number of ether oxygens (including phenoxy) is 1. The third-order valence-corrected chi connectivity index (χ3v) is 10.2. The molecule has 3 aliphatic rings. The molecule has 2 atom stereocenters. The van der Waals surface area contributed by atoms with Gasteiger partial charge in [-0.3, -0.25) is 24.6 Å². The fraction of sp³-hybridized carbons (Fsp3) is 0.487. The van der Waals surface area contributed by atoms with Crippen molar-refractivity contribution in [3.05, 3.63) is 71.5 Å². The van der Waals surface area contributed by atoms with Crippen molar-refractivity contribution in [2.45, 2.75) is 71.1 Å². The van der Waals surface area contributed by atoms with E-state index >= 15 is 0 Å². The smallest absolute Gasteiger partial charge is 0.367 e. The number of carbonyl (C=O) groups excluding carboxylic acids is 4. The van der Waals surface area contributed by atoms with Gasteiger partial charge in [-0.2, -0.15) is 0 Å². The molecule has 3 saturated heterocycles. The van der Waals surface area contributed by atoms with Crippen LogP contribution in [0.1, 0.15) is 69.6 Å².